The van der Waals surface area contributed by atoms with E-state index in [0.717, 1.165) is 16.7 Å². The highest BCUT2D eigenvalue weighted by Crippen LogP contribution is 2.19. The number of rotatable bonds is 6. The lowest BCUT2D eigenvalue weighted by atomic mass is 10.0. The fourth-order valence-electron chi connectivity index (χ4n) is 2.74. The molecule has 3 rings (SSSR count). The highest BCUT2D eigenvalue weighted by atomic mass is 35.5. The van der Waals surface area contributed by atoms with Gasteiger partial charge in [0.2, 0.25) is 0 Å². The minimum absolute atomic E-state index is 0.181. The van der Waals surface area contributed by atoms with Crippen molar-refractivity contribution in [3.05, 3.63) is 95.0 Å². The molecule has 0 aromatic heterocycles. The van der Waals surface area contributed by atoms with Gasteiger partial charge in [0.15, 0.2) is 0 Å². The van der Waals surface area contributed by atoms with Gasteiger partial charge in [-0.05, 0) is 41.0 Å². The number of hydrogen-bond donors (Lipinski definition) is 2. The normalized spacial score (nSPS) is 11.6. The molecule has 2 N–H and O–H groups in total. The van der Waals surface area contributed by atoms with Crippen LogP contribution in [0.1, 0.15) is 15.9 Å². The summed E-state index contributed by atoms with van der Waals surface area (Å²) in [7, 11) is 0. The van der Waals surface area contributed by atoms with E-state index in [1.807, 2.05) is 42.5 Å². The summed E-state index contributed by atoms with van der Waals surface area (Å²) < 4.78 is 0. The first-order valence-corrected chi connectivity index (χ1v) is 8.84. The van der Waals surface area contributed by atoms with Crippen molar-refractivity contribution >= 4 is 23.5 Å². The van der Waals surface area contributed by atoms with Crippen molar-refractivity contribution in [2.45, 2.75) is 12.5 Å². The van der Waals surface area contributed by atoms with Crippen molar-refractivity contribution in [1.82, 2.24) is 5.32 Å². The molecule has 0 bridgehead atoms. The molecule has 0 aliphatic carbocycles. The Morgan fingerprint density at radius 3 is 2.04 bits per heavy atom. The molecule has 0 aliphatic rings. The quantitative estimate of drug-likeness (QED) is 0.665. The average Bonchev–Trinajstić information content (AvgIpc) is 2.69. The average molecular weight is 380 g/mol. The van der Waals surface area contributed by atoms with Crippen molar-refractivity contribution in [3.8, 4) is 11.1 Å². The van der Waals surface area contributed by atoms with Crippen molar-refractivity contribution in [1.29, 1.82) is 0 Å². The molecule has 0 spiro atoms. The van der Waals surface area contributed by atoms with Gasteiger partial charge in [-0.2, -0.15) is 0 Å². The van der Waals surface area contributed by atoms with Gasteiger partial charge in [0.25, 0.3) is 5.91 Å². The molecule has 3 aromatic carbocycles. The second-order valence-corrected chi connectivity index (χ2v) is 6.57. The van der Waals surface area contributed by atoms with Crippen LogP contribution in [0, 0.1) is 0 Å². The summed E-state index contributed by atoms with van der Waals surface area (Å²) in [5.74, 6) is -1.50. The Kier molecular flexibility index (Phi) is 5.89. The van der Waals surface area contributed by atoms with Gasteiger partial charge in [-0.15, -0.1) is 0 Å². The molecule has 0 fully saturated rings. The Morgan fingerprint density at radius 1 is 0.852 bits per heavy atom. The number of carboxylic acid groups (broad SMARTS) is 1. The molecule has 0 unspecified atom stereocenters. The number of carbonyl (C=O) groups excluding carboxylic acids is 1. The van der Waals surface area contributed by atoms with Crippen LogP contribution in [0.15, 0.2) is 78.9 Å². The summed E-state index contributed by atoms with van der Waals surface area (Å²) in [6, 6.07) is 22.8. The third-order valence-corrected chi connectivity index (χ3v) is 4.46. The number of benzene rings is 3. The monoisotopic (exact) mass is 379 g/mol. The van der Waals surface area contributed by atoms with Crippen molar-refractivity contribution in [3.63, 3.8) is 0 Å². The summed E-state index contributed by atoms with van der Waals surface area (Å²) in [6.45, 7) is 0. The molecule has 4 nitrogen and oxygen atoms in total. The predicted molar refractivity (Wildman–Crippen MR) is 106 cm³/mol. The van der Waals surface area contributed by atoms with Crippen LogP contribution in [0.25, 0.3) is 11.1 Å². The van der Waals surface area contributed by atoms with Gasteiger partial charge >= 0.3 is 5.97 Å². The third-order valence-electron chi connectivity index (χ3n) is 4.21. The van der Waals surface area contributed by atoms with Gasteiger partial charge in [0.05, 0.1) is 0 Å². The summed E-state index contributed by atoms with van der Waals surface area (Å²) in [5, 5.41) is 12.6. The molecule has 0 saturated heterocycles. The summed E-state index contributed by atoms with van der Waals surface area (Å²) >= 11 is 5.85. The Labute approximate surface area is 162 Å². The molecular weight excluding hydrogens is 362 g/mol. The van der Waals surface area contributed by atoms with E-state index in [1.54, 1.807) is 36.4 Å². The second kappa shape index (κ2) is 8.52. The zero-order valence-electron chi connectivity index (χ0n) is 14.4. The van der Waals surface area contributed by atoms with E-state index in [2.05, 4.69) is 5.32 Å². The zero-order valence-corrected chi connectivity index (χ0v) is 15.2. The molecule has 0 heterocycles. The SMILES string of the molecule is O=C(N[C@@H](Cc1ccc(Cl)cc1)C(=O)O)c1ccc(-c2ccccc2)cc1. The lowest BCUT2D eigenvalue weighted by Crippen LogP contribution is -2.42. The zero-order chi connectivity index (χ0) is 19.2. The Hall–Kier alpha value is -3.11. The molecule has 5 heteroatoms. The van der Waals surface area contributed by atoms with E-state index in [4.69, 9.17) is 11.6 Å². The Balaban J connectivity index is 1.70. The van der Waals surface area contributed by atoms with Crippen LogP contribution in [0.4, 0.5) is 0 Å². The second-order valence-electron chi connectivity index (χ2n) is 6.14. The van der Waals surface area contributed by atoms with Gasteiger partial charge < -0.3 is 10.4 Å². The van der Waals surface area contributed by atoms with E-state index in [-0.39, 0.29) is 6.42 Å². The number of carbonyl (C=O) groups is 2. The lowest BCUT2D eigenvalue weighted by Gasteiger charge is -2.15. The number of nitrogens with one attached hydrogen (secondary N) is 1. The highest BCUT2D eigenvalue weighted by Gasteiger charge is 2.21. The van der Waals surface area contributed by atoms with E-state index >= 15 is 0 Å². The van der Waals surface area contributed by atoms with Gasteiger partial charge in [-0.25, -0.2) is 4.79 Å². The van der Waals surface area contributed by atoms with Gasteiger partial charge in [-0.3, -0.25) is 4.79 Å². The van der Waals surface area contributed by atoms with E-state index < -0.39 is 17.9 Å². The lowest BCUT2D eigenvalue weighted by molar-refractivity contribution is -0.139. The smallest absolute Gasteiger partial charge is 0.326 e. The number of hydrogen-bond acceptors (Lipinski definition) is 2. The highest BCUT2D eigenvalue weighted by molar-refractivity contribution is 6.30. The fraction of sp³-hybridized carbons (Fsp3) is 0.0909. The number of aliphatic carboxylic acids is 1. The third kappa shape index (κ3) is 4.96. The Bertz CT molecular complexity index is 922. The fourth-order valence-corrected chi connectivity index (χ4v) is 2.87. The number of amides is 1. The maximum Gasteiger partial charge on any atom is 0.326 e. The van der Waals surface area contributed by atoms with Crippen LogP contribution in [0.3, 0.4) is 0 Å². The minimum atomic E-state index is -1.08. The standard InChI is InChI=1S/C22H18ClNO3/c23-19-12-6-15(7-13-19)14-20(22(26)27)24-21(25)18-10-8-17(9-11-18)16-4-2-1-3-5-16/h1-13,20H,14H2,(H,24,25)(H,26,27)/t20-/m0/s1. The van der Waals surface area contributed by atoms with E-state index in [9.17, 15) is 14.7 Å². The Morgan fingerprint density at radius 2 is 1.44 bits per heavy atom. The van der Waals surface area contributed by atoms with Crippen molar-refractivity contribution in [2.24, 2.45) is 0 Å². The molecule has 0 aliphatic heterocycles. The molecule has 1 atom stereocenters. The van der Waals surface area contributed by atoms with Crippen LogP contribution in [0.2, 0.25) is 5.02 Å². The van der Waals surface area contributed by atoms with Crippen molar-refractivity contribution in [2.75, 3.05) is 0 Å². The molecule has 1 amide bonds. The maximum atomic E-state index is 12.5. The predicted octanol–water partition coefficient (Wildman–Crippen LogP) is 4.43. The molecular formula is C22H18ClNO3. The molecule has 136 valence electrons. The molecule has 0 radical (unpaired) electrons. The van der Waals surface area contributed by atoms with Crippen LogP contribution >= 0.6 is 11.6 Å². The number of halogens is 1. The molecule has 0 saturated carbocycles. The van der Waals surface area contributed by atoms with Crippen LogP contribution in [-0.2, 0) is 11.2 Å². The van der Waals surface area contributed by atoms with E-state index in [1.165, 1.54) is 0 Å². The van der Waals surface area contributed by atoms with Gasteiger partial charge in [-0.1, -0.05) is 66.2 Å². The minimum Gasteiger partial charge on any atom is -0.480 e. The topological polar surface area (TPSA) is 66.4 Å². The van der Waals surface area contributed by atoms with Gasteiger partial charge in [0.1, 0.15) is 6.04 Å². The first-order chi connectivity index (χ1) is 13.0. The summed E-state index contributed by atoms with van der Waals surface area (Å²) in [4.78, 5) is 24.0. The first kappa shape index (κ1) is 18.7. The van der Waals surface area contributed by atoms with Crippen LogP contribution < -0.4 is 5.32 Å². The van der Waals surface area contributed by atoms with E-state index in [0.29, 0.717) is 10.6 Å². The molecule has 27 heavy (non-hydrogen) atoms. The van der Waals surface area contributed by atoms with Crippen molar-refractivity contribution < 1.29 is 14.7 Å². The van der Waals surface area contributed by atoms with Crippen LogP contribution in [0.5, 0.6) is 0 Å². The maximum absolute atomic E-state index is 12.5. The summed E-state index contributed by atoms with van der Waals surface area (Å²) in [6.07, 6.45) is 0.181. The largest absolute Gasteiger partial charge is 0.480 e. The van der Waals surface area contributed by atoms with Gasteiger partial charge in [0, 0.05) is 17.0 Å². The van der Waals surface area contributed by atoms with Crippen LogP contribution in [-0.4, -0.2) is 23.0 Å². The first-order valence-electron chi connectivity index (χ1n) is 8.46. The number of carboxylic acids is 1. The molecule has 3 aromatic rings. The summed E-state index contributed by atoms with van der Waals surface area (Å²) in [5.41, 5.74) is 3.24.